The van der Waals surface area contributed by atoms with Crippen LogP contribution in [-0.2, 0) is 0 Å². The fraction of sp³-hybridized carbons (Fsp3) is 0.423. The molecule has 0 aliphatic carbocycles. The number of halogens is 1. The highest BCUT2D eigenvalue weighted by molar-refractivity contribution is 6.31. The first-order valence-corrected chi connectivity index (χ1v) is 12.4. The quantitative estimate of drug-likeness (QED) is 0.502. The molecule has 184 valence electrons. The van der Waals surface area contributed by atoms with Crippen LogP contribution in [0.25, 0.3) is 5.65 Å². The maximum absolute atomic E-state index is 13.9. The summed E-state index contributed by atoms with van der Waals surface area (Å²) in [5, 5.41) is 8.84. The van der Waals surface area contributed by atoms with Gasteiger partial charge >= 0.3 is 0 Å². The molecule has 0 radical (unpaired) electrons. The summed E-state index contributed by atoms with van der Waals surface area (Å²) in [6, 6.07) is 7.06. The van der Waals surface area contributed by atoms with E-state index in [4.69, 9.17) is 26.4 Å². The van der Waals surface area contributed by atoms with Crippen LogP contribution < -0.4 is 15.0 Å². The lowest BCUT2D eigenvalue weighted by Crippen LogP contribution is -2.39. The van der Waals surface area contributed by atoms with Gasteiger partial charge in [0.2, 0.25) is 0 Å². The van der Waals surface area contributed by atoms with Crippen molar-refractivity contribution in [3.63, 3.8) is 0 Å². The molecule has 1 aromatic carbocycles. The van der Waals surface area contributed by atoms with Gasteiger partial charge in [0.05, 0.1) is 17.3 Å². The van der Waals surface area contributed by atoms with E-state index in [1.165, 1.54) is 0 Å². The number of benzene rings is 1. The Kier molecular flexibility index (Phi) is 6.32. The molecular formula is C26H31ClN6O2. The number of fused-ring (bicyclic) bond motifs is 4. The highest BCUT2D eigenvalue weighted by Crippen LogP contribution is 2.35. The van der Waals surface area contributed by atoms with Crippen LogP contribution in [-0.4, -0.2) is 58.7 Å². The van der Waals surface area contributed by atoms with Crippen molar-refractivity contribution in [2.45, 2.75) is 39.2 Å². The predicted octanol–water partition coefficient (Wildman–Crippen LogP) is 4.30. The number of carbonyl (C=O) groups is 1. The molecule has 2 aliphatic heterocycles. The van der Waals surface area contributed by atoms with E-state index >= 15 is 0 Å². The van der Waals surface area contributed by atoms with Gasteiger partial charge in [0.1, 0.15) is 18.2 Å². The van der Waals surface area contributed by atoms with Crippen molar-refractivity contribution in [1.82, 2.24) is 24.8 Å². The van der Waals surface area contributed by atoms with E-state index in [-0.39, 0.29) is 18.6 Å². The van der Waals surface area contributed by atoms with Gasteiger partial charge in [0.15, 0.2) is 5.65 Å². The second-order valence-corrected chi connectivity index (χ2v) is 9.81. The molecule has 5 rings (SSSR count). The summed E-state index contributed by atoms with van der Waals surface area (Å²) in [4.78, 5) is 22.8. The first-order chi connectivity index (χ1) is 16.8. The second-order valence-electron chi connectivity index (χ2n) is 9.38. The third-order valence-corrected chi connectivity index (χ3v) is 7.17. The number of nitrogens with one attached hydrogen (secondary N) is 1. The summed E-state index contributed by atoms with van der Waals surface area (Å²) >= 11 is 6.30. The molecule has 2 aromatic heterocycles. The molecule has 3 aromatic rings. The molecule has 4 heterocycles. The summed E-state index contributed by atoms with van der Waals surface area (Å²) < 4.78 is 7.95. The normalized spacial score (nSPS) is 19.4. The maximum atomic E-state index is 13.9. The van der Waals surface area contributed by atoms with E-state index in [2.05, 4.69) is 30.8 Å². The van der Waals surface area contributed by atoms with Crippen LogP contribution in [0.5, 0.6) is 5.75 Å². The van der Waals surface area contributed by atoms with Crippen molar-refractivity contribution in [3.05, 3.63) is 64.1 Å². The molecule has 0 spiro atoms. The SMILES string of the molecule is C=C1COc2ccc(Cl)cc2C(=O)N2CCCCC2c2cc3nc(C)c(C)c(n3n2)N(C)CCN1. The average Bonchev–Trinajstić information content (AvgIpc) is 3.26. The molecule has 1 N–H and O–H groups in total. The van der Waals surface area contributed by atoms with Gasteiger partial charge in [-0.3, -0.25) is 4.79 Å². The molecule has 8 nitrogen and oxygen atoms in total. The zero-order chi connectivity index (χ0) is 24.7. The Morgan fingerprint density at radius 3 is 2.86 bits per heavy atom. The fourth-order valence-electron chi connectivity index (χ4n) is 4.97. The molecule has 2 bridgehead atoms. The van der Waals surface area contributed by atoms with Gasteiger partial charge in [-0.25, -0.2) is 4.98 Å². The number of hydrogen-bond donors (Lipinski definition) is 1. The average molecular weight is 495 g/mol. The number of nitrogens with zero attached hydrogens (tertiary/aromatic N) is 5. The van der Waals surface area contributed by atoms with Crippen molar-refractivity contribution in [2.75, 3.05) is 38.2 Å². The summed E-state index contributed by atoms with van der Waals surface area (Å²) in [6.45, 7) is 10.5. The Morgan fingerprint density at radius 1 is 1.20 bits per heavy atom. The number of piperidine rings is 1. The van der Waals surface area contributed by atoms with E-state index in [9.17, 15) is 4.79 Å². The van der Waals surface area contributed by atoms with Gasteiger partial charge < -0.3 is 19.9 Å². The molecule has 1 atom stereocenters. The van der Waals surface area contributed by atoms with Crippen molar-refractivity contribution in [3.8, 4) is 5.75 Å². The first kappa shape index (κ1) is 23.5. The van der Waals surface area contributed by atoms with E-state index in [1.807, 2.05) is 22.4 Å². The predicted molar refractivity (Wildman–Crippen MR) is 137 cm³/mol. The van der Waals surface area contributed by atoms with Gasteiger partial charge in [-0.1, -0.05) is 18.2 Å². The standard InChI is InChI=1S/C26H31ClN6O2/c1-16-15-35-23-9-8-19(27)13-20(23)26(34)32-11-6-5-7-22(32)21-14-24-29-18(3)17(2)25(33(24)30-21)31(4)12-10-28-16/h8-9,13-14,22,28H,1,5-7,10-12,15H2,2-4H3. The molecule has 2 aliphatic rings. The minimum Gasteiger partial charge on any atom is -0.487 e. The van der Waals surface area contributed by atoms with Gasteiger partial charge in [-0.15, -0.1) is 0 Å². The van der Waals surface area contributed by atoms with Crippen LogP contribution in [0, 0.1) is 13.8 Å². The number of carbonyl (C=O) groups excluding carboxylic acids is 1. The molecular weight excluding hydrogens is 464 g/mol. The third kappa shape index (κ3) is 4.43. The number of anilines is 1. The van der Waals surface area contributed by atoms with Crippen LogP contribution in [0.3, 0.4) is 0 Å². The van der Waals surface area contributed by atoms with Gasteiger partial charge in [0, 0.05) is 54.7 Å². The summed E-state index contributed by atoms with van der Waals surface area (Å²) in [6.07, 6.45) is 2.82. The largest absolute Gasteiger partial charge is 0.487 e. The molecule has 0 saturated carbocycles. The molecule has 1 amide bonds. The number of aromatic nitrogens is 3. The number of aryl methyl sites for hydroxylation is 1. The smallest absolute Gasteiger partial charge is 0.258 e. The Labute approximate surface area is 210 Å². The zero-order valence-corrected chi connectivity index (χ0v) is 21.2. The Hall–Kier alpha value is -3.26. The molecule has 1 saturated heterocycles. The lowest BCUT2D eigenvalue weighted by molar-refractivity contribution is 0.0601. The zero-order valence-electron chi connectivity index (χ0n) is 20.5. The maximum Gasteiger partial charge on any atom is 0.258 e. The van der Waals surface area contributed by atoms with Crippen molar-refractivity contribution in [2.24, 2.45) is 0 Å². The third-order valence-electron chi connectivity index (χ3n) is 6.93. The van der Waals surface area contributed by atoms with E-state index in [0.717, 1.165) is 59.9 Å². The van der Waals surface area contributed by atoms with Crippen molar-refractivity contribution in [1.29, 1.82) is 0 Å². The minimum atomic E-state index is -0.145. The molecule has 1 fully saturated rings. The number of hydrogen-bond acceptors (Lipinski definition) is 6. The Bertz CT molecular complexity index is 1300. The minimum absolute atomic E-state index is 0.104. The highest BCUT2D eigenvalue weighted by atomic mass is 35.5. The molecule has 35 heavy (non-hydrogen) atoms. The van der Waals surface area contributed by atoms with Crippen LogP contribution in [0.1, 0.15) is 52.6 Å². The number of rotatable bonds is 0. The van der Waals surface area contributed by atoms with E-state index in [1.54, 1.807) is 18.2 Å². The van der Waals surface area contributed by atoms with Crippen LogP contribution in [0.15, 0.2) is 36.5 Å². The summed E-state index contributed by atoms with van der Waals surface area (Å²) in [5.41, 5.74) is 4.89. The van der Waals surface area contributed by atoms with E-state index in [0.29, 0.717) is 29.4 Å². The molecule has 1 unspecified atom stereocenters. The summed E-state index contributed by atoms with van der Waals surface area (Å²) in [7, 11) is 2.06. The lowest BCUT2D eigenvalue weighted by Gasteiger charge is -2.35. The van der Waals surface area contributed by atoms with Gasteiger partial charge in [-0.05, 0) is 51.3 Å². The van der Waals surface area contributed by atoms with Crippen molar-refractivity contribution >= 4 is 29.0 Å². The number of ether oxygens (including phenoxy) is 1. The van der Waals surface area contributed by atoms with Gasteiger partial charge in [0.25, 0.3) is 5.91 Å². The fourth-order valence-corrected chi connectivity index (χ4v) is 5.14. The van der Waals surface area contributed by atoms with Crippen LogP contribution >= 0.6 is 11.6 Å². The molecule has 9 heteroatoms. The Balaban J connectivity index is 1.66. The van der Waals surface area contributed by atoms with Crippen LogP contribution in [0.4, 0.5) is 5.82 Å². The van der Waals surface area contributed by atoms with E-state index < -0.39 is 0 Å². The lowest BCUT2D eigenvalue weighted by atomic mass is 9.98. The van der Waals surface area contributed by atoms with Crippen molar-refractivity contribution < 1.29 is 9.53 Å². The first-order valence-electron chi connectivity index (χ1n) is 12.1. The second kappa shape index (κ2) is 9.41. The Morgan fingerprint density at radius 2 is 2.03 bits per heavy atom. The topological polar surface area (TPSA) is 75.0 Å². The monoisotopic (exact) mass is 494 g/mol. The number of amides is 1. The number of likely N-dealkylation sites (N-methyl/N-ethyl adjacent to an activating group) is 1. The highest BCUT2D eigenvalue weighted by Gasteiger charge is 2.33. The van der Waals surface area contributed by atoms with Crippen LogP contribution in [0.2, 0.25) is 5.02 Å². The summed E-state index contributed by atoms with van der Waals surface area (Å²) in [5.74, 6) is 1.40. The van der Waals surface area contributed by atoms with Gasteiger partial charge in [-0.2, -0.15) is 9.61 Å².